The molecular weight excluding hydrogens is 396 g/mol. The number of nitrogens with zero attached hydrogens (tertiary/aromatic N) is 1. The van der Waals surface area contributed by atoms with Crippen LogP contribution in [0.1, 0.15) is 53.1 Å². The number of carbonyl (C=O) groups is 2. The molecule has 0 aliphatic carbocycles. The van der Waals surface area contributed by atoms with Crippen LogP contribution in [-0.4, -0.2) is 47.9 Å². The van der Waals surface area contributed by atoms with E-state index in [4.69, 9.17) is 4.74 Å². The number of hydrogen-bond donors (Lipinski definition) is 3. The van der Waals surface area contributed by atoms with Crippen molar-refractivity contribution in [2.24, 2.45) is 0 Å². The van der Waals surface area contributed by atoms with E-state index in [1.807, 2.05) is 12.1 Å². The largest absolute Gasteiger partial charge is 0.507 e. The predicted molar refractivity (Wildman–Crippen MR) is 117 cm³/mol. The molecule has 3 N–H and O–H groups in total. The molecule has 2 aliphatic heterocycles. The van der Waals surface area contributed by atoms with Crippen molar-refractivity contribution in [3.8, 4) is 5.75 Å². The Hall–Kier alpha value is -2.90. The van der Waals surface area contributed by atoms with Crippen molar-refractivity contribution in [3.05, 3.63) is 59.2 Å². The molecule has 2 fully saturated rings. The Bertz CT molecular complexity index is 931. The smallest absolute Gasteiger partial charge is 0.339 e. The van der Waals surface area contributed by atoms with E-state index in [9.17, 15) is 19.8 Å². The Morgan fingerprint density at radius 2 is 1.81 bits per heavy atom. The number of aromatic hydroxyl groups is 1. The van der Waals surface area contributed by atoms with Gasteiger partial charge in [-0.3, -0.25) is 4.79 Å². The molecule has 2 heterocycles. The van der Waals surface area contributed by atoms with Crippen LogP contribution in [0.3, 0.4) is 0 Å². The van der Waals surface area contributed by atoms with Crippen molar-refractivity contribution in [1.29, 1.82) is 0 Å². The highest BCUT2D eigenvalue weighted by molar-refractivity contribution is 5.98. The molecule has 0 saturated carbocycles. The number of carboxylic acid groups (broad SMARTS) is 1. The van der Waals surface area contributed by atoms with Crippen molar-refractivity contribution in [1.82, 2.24) is 5.32 Å². The van der Waals surface area contributed by atoms with Crippen LogP contribution in [0.5, 0.6) is 5.75 Å². The van der Waals surface area contributed by atoms with Crippen molar-refractivity contribution < 1.29 is 24.5 Å². The molecule has 1 amide bonds. The van der Waals surface area contributed by atoms with Crippen LogP contribution in [0.2, 0.25) is 0 Å². The van der Waals surface area contributed by atoms with Gasteiger partial charge in [-0.1, -0.05) is 24.3 Å². The molecule has 7 nitrogen and oxygen atoms in total. The number of carbonyl (C=O) groups excluding carboxylic acids is 1. The quantitative estimate of drug-likeness (QED) is 0.658. The first-order chi connectivity index (χ1) is 15.0. The minimum Gasteiger partial charge on any atom is -0.507 e. The van der Waals surface area contributed by atoms with Gasteiger partial charge in [0.05, 0.1) is 12.6 Å². The van der Waals surface area contributed by atoms with E-state index in [0.29, 0.717) is 18.2 Å². The second-order valence-electron chi connectivity index (χ2n) is 8.21. The van der Waals surface area contributed by atoms with Gasteiger partial charge in [-0.2, -0.15) is 0 Å². The summed E-state index contributed by atoms with van der Waals surface area (Å²) in [5, 5.41) is 22.6. The van der Waals surface area contributed by atoms with Crippen molar-refractivity contribution >= 4 is 17.6 Å². The molecule has 1 atom stereocenters. The number of rotatable bonds is 6. The van der Waals surface area contributed by atoms with E-state index in [1.165, 1.54) is 17.7 Å². The molecule has 0 unspecified atom stereocenters. The maximum Gasteiger partial charge on any atom is 0.339 e. The lowest BCUT2D eigenvalue weighted by molar-refractivity contribution is -0.120. The molecule has 0 bridgehead atoms. The average Bonchev–Trinajstić information content (AvgIpc) is 3.33. The zero-order valence-corrected chi connectivity index (χ0v) is 17.4. The lowest BCUT2D eigenvalue weighted by Gasteiger charge is -2.27. The van der Waals surface area contributed by atoms with Crippen molar-refractivity contribution in [2.75, 3.05) is 24.7 Å². The van der Waals surface area contributed by atoms with Gasteiger partial charge in [0.15, 0.2) is 0 Å². The Morgan fingerprint density at radius 1 is 1.06 bits per heavy atom. The van der Waals surface area contributed by atoms with Gasteiger partial charge >= 0.3 is 5.97 Å². The monoisotopic (exact) mass is 424 g/mol. The zero-order chi connectivity index (χ0) is 21.8. The highest BCUT2D eigenvalue weighted by Gasteiger charge is 2.29. The van der Waals surface area contributed by atoms with E-state index < -0.39 is 5.97 Å². The van der Waals surface area contributed by atoms with Gasteiger partial charge in [0, 0.05) is 25.0 Å². The number of anilines is 1. The van der Waals surface area contributed by atoms with E-state index in [1.54, 1.807) is 11.0 Å². The van der Waals surface area contributed by atoms with Crippen LogP contribution in [0, 0.1) is 0 Å². The zero-order valence-electron chi connectivity index (χ0n) is 17.4. The number of benzene rings is 2. The lowest BCUT2D eigenvalue weighted by Crippen LogP contribution is -2.43. The number of ether oxygens (including phenoxy) is 1. The third-order valence-corrected chi connectivity index (χ3v) is 6.16. The van der Waals surface area contributed by atoms with E-state index in [-0.39, 0.29) is 23.3 Å². The van der Waals surface area contributed by atoms with Gasteiger partial charge in [0.25, 0.3) is 0 Å². The molecule has 2 aromatic rings. The van der Waals surface area contributed by atoms with Gasteiger partial charge in [-0.25, -0.2) is 4.79 Å². The molecule has 7 heteroatoms. The summed E-state index contributed by atoms with van der Waals surface area (Å²) < 4.78 is 5.45. The van der Waals surface area contributed by atoms with Crippen LogP contribution in [0.15, 0.2) is 42.5 Å². The molecule has 0 aromatic heterocycles. The second kappa shape index (κ2) is 9.49. The topological polar surface area (TPSA) is 99.1 Å². The Kier molecular flexibility index (Phi) is 6.53. The molecular formula is C24H28N2O5. The maximum absolute atomic E-state index is 13.2. The van der Waals surface area contributed by atoms with Crippen LogP contribution in [0.25, 0.3) is 0 Å². The average molecular weight is 424 g/mol. The normalized spacial score (nSPS) is 19.3. The predicted octanol–water partition coefficient (Wildman–Crippen LogP) is 3.27. The number of amides is 1. The molecule has 31 heavy (non-hydrogen) atoms. The van der Waals surface area contributed by atoms with Crippen molar-refractivity contribution in [2.45, 2.75) is 44.2 Å². The highest BCUT2D eigenvalue weighted by Crippen LogP contribution is 2.29. The summed E-state index contributed by atoms with van der Waals surface area (Å²) in [4.78, 5) is 26.1. The fraction of sp³-hybridized carbons (Fsp3) is 0.417. The minimum atomic E-state index is -1.21. The Balaban J connectivity index is 1.58. The summed E-state index contributed by atoms with van der Waals surface area (Å²) in [6.07, 6.45) is 3.74. The van der Waals surface area contributed by atoms with E-state index in [0.717, 1.165) is 51.0 Å². The molecule has 2 aliphatic rings. The van der Waals surface area contributed by atoms with Gasteiger partial charge < -0.3 is 25.2 Å². The number of phenols is 1. The van der Waals surface area contributed by atoms with Gasteiger partial charge in [0.2, 0.25) is 5.91 Å². The van der Waals surface area contributed by atoms with Crippen LogP contribution >= 0.6 is 0 Å². The Morgan fingerprint density at radius 3 is 2.42 bits per heavy atom. The molecule has 2 aromatic carbocycles. The fourth-order valence-corrected chi connectivity index (χ4v) is 4.36. The molecule has 164 valence electrons. The van der Waals surface area contributed by atoms with E-state index >= 15 is 0 Å². The SMILES string of the molecule is O=C(O)c1ccc(N(Cc2ccc(C3CCOCC3)cc2)C(=O)[C@H]2CCCN2)cc1O. The van der Waals surface area contributed by atoms with Gasteiger partial charge in [-0.15, -0.1) is 0 Å². The van der Waals surface area contributed by atoms with E-state index in [2.05, 4.69) is 17.4 Å². The third-order valence-electron chi connectivity index (χ3n) is 6.16. The minimum absolute atomic E-state index is 0.0755. The highest BCUT2D eigenvalue weighted by atomic mass is 16.5. The summed E-state index contributed by atoms with van der Waals surface area (Å²) >= 11 is 0. The van der Waals surface area contributed by atoms with Gasteiger partial charge in [0.1, 0.15) is 11.3 Å². The number of carboxylic acids is 1. The first-order valence-corrected chi connectivity index (χ1v) is 10.8. The third kappa shape index (κ3) is 4.89. The molecule has 4 rings (SSSR count). The summed E-state index contributed by atoms with van der Waals surface area (Å²) in [6.45, 7) is 2.72. The van der Waals surface area contributed by atoms with Crippen molar-refractivity contribution in [3.63, 3.8) is 0 Å². The molecule has 0 radical (unpaired) electrons. The summed E-state index contributed by atoms with van der Waals surface area (Å²) in [5.41, 5.74) is 2.56. The van der Waals surface area contributed by atoms with Gasteiger partial charge in [-0.05, 0) is 61.4 Å². The second-order valence-corrected chi connectivity index (χ2v) is 8.21. The lowest BCUT2D eigenvalue weighted by atomic mass is 9.91. The fourth-order valence-electron chi connectivity index (χ4n) is 4.36. The summed E-state index contributed by atoms with van der Waals surface area (Å²) in [6, 6.07) is 12.3. The standard InChI is InChI=1S/C24H28N2O5/c27-22-14-19(7-8-20(22)24(29)30)26(23(28)21-2-1-11-25-21)15-16-3-5-17(6-4-16)18-9-12-31-13-10-18/h3-8,14,18,21,25,27H,1-2,9-13,15H2,(H,29,30)/t21-/m1/s1. The first kappa shape index (κ1) is 21.3. The summed E-state index contributed by atoms with van der Waals surface area (Å²) in [5.74, 6) is -1.13. The number of aromatic carboxylic acids is 1. The van der Waals surface area contributed by atoms with Crippen LogP contribution in [-0.2, 0) is 16.1 Å². The number of nitrogens with one attached hydrogen (secondary N) is 1. The first-order valence-electron chi connectivity index (χ1n) is 10.8. The Labute approximate surface area is 181 Å². The summed E-state index contributed by atoms with van der Waals surface area (Å²) in [7, 11) is 0. The molecule has 2 saturated heterocycles. The van der Waals surface area contributed by atoms with Crippen LogP contribution < -0.4 is 10.2 Å². The van der Waals surface area contributed by atoms with Crippen LogP contribution in [0.4, 0.5) is 5.69 Å². The molecule has 0 spiro atoms. The maximum atomic E-state index is 13.2. The number of hydrogen-bond acceptors (Lipinski definition) is 5.